The van der Waals surface area contributed by atoms with E-state index in [0.717, 1.165) is 44.6 Å². The highest BCUT2D eigenvalue weighted by Crippen LogP contribution is 2.29. The van der Waals surface area contributed by atoms with Gasteiger partial charge in [0.05, 0.1) is 13.7 Å². The highest BCUT2D eigenvalue weighted by atomic mass is 16.6. The number of esters is 1. The lowest BCUT2D eigenvalue weighted by Gasteiger charge is -2.12. The van der Waals surface area contributed by atoms with Crippen LogP contribution in [0.4, 0.5) is 0 Å². The van der Waals surface area contributed by atoms with Gasteiger partial charge in [-0.15, -0.1) is 0 Å². The van der Waals surface area contributed by atoms with Gasteiger partial charge in [0, 0.05) is 10.9 Å². The molecule has 0 N–H and O–H groups in total. The molecule has 1 aromatic heterocycles. The molecule has 1 heterocycles. The number of methoxy groups -OCH3 is 1. The van der Waals surface area contributed by atoms with Gasteiger partial charge in [-0.1, -0.05) is 30.0 Å². The Balaban J connectivity index is 1.56. The van der Waals surface area contributed by atoms with Crippen molar-refractivity contribution in [1.82, 2.24) is 4.90 Å². The molecule has 0 bridgehead atoms. The zero-order valence-corrected chi connectivity index (χ0v) is 23.0. The summed E-state index contributed by atoms with van der Waals surface area (Å²) in [4.78, 5) is 13.4. The Morgan fingerprint density at radius 1 is 0.949 bits per heavy atom. The molecule has 0 aliphatic carbocycles. The van der Waals surface area contributed by atoms with Gasteiger partial charge in [0.2, 0.25) is 0 Å². The lowest BCUT2D eigenvalue weighted by atomic mass is 9.96. The number of nitrogens with zero attached hydrogens (tertiary/aromatic N) is 1. The molecule has 6 heteroatoms. The second-order valence-electron chi connectivity index (χ2n) is 9.45. The number of ether oxygens (including phenoxy) is 3. The molecule has 4 aromatic rings. The Kier molecular flexibility index (Phi) is 9.09. The molecule has 6 nitrogen and oxygen atoms in total. The summed E-state index contributed by atoms with van der Waals surface area (Å²) >= 11 is 0. The molecule has 3 aromatic carbocycles. The largest absolute Gasteiger partial charge is 0.489 e. The van der Waals surface area contributed by atoms with Gasteiger partial charge in [-0.2, -0.15) is 0 Å². The summed E-state index contributed by atoms with van der Waals surface area (Å²) < 4.78 is 22.0. The highest BCUT2D eigenvalue weighted by Gasteiger charge is 2.10. The Morgan fingerprint density at radius 2 is 1.72 bits per heavy atom. The van der Waals surface area contributed by atoms with Gasteiger partial charge in [0.15, 0.2) is 6.61 Å². The van der Waals surface area contributed by atoms with Gasteiger partial charge in [-0.3, -0.25) is 4.90 Å². The second kappa shape index (κ2) is 12.9. The Morgan fingerprint density at radius 3 is 2.44 bits per heavy atom. The van der Waals surface area contributed by atoms with E-state index in [1.165, 1.54) is 7.11 Å². The fraction of sp³-hybridized carbons (Fsp3) is 0.242. The van der Waals surface area contributed by atoms with Crippen molar-refractivity contribution in [2.75, 3.05) is 41.0 Å². The predicted molar refractivity (Wildman–Crippen MR) is 154 cm³/mol. The molecule has 0 unspecified atom stereocenters. The van der Waals surface area contributed by atoms with Gasteiger partial charge < -0.3 is 18.6 Å². The third-order valence-corrected chi connectivity index (χ3v) is 6.03. The fourth-order valence-corrected chi connectivity index (χ4v) is 4.07. The van der Waals surface area contributed by atoms with E-state index in [1.54, 1.807) is 6.07 Å². The third-order valence-electron chi connectivity index (χ3n) is 6.03. The first kappa shape index (κ1) is 27.6. The first-order chi connectivity index (χ1) is 18.8. The van der Waals surface area contributed by atoms with E-state index in [4.69, 9.17) is 13.9 Å². The van der Waals surface area contributed by atoms with E-state index < -0.39 is 5.97 Å². The Labute approximate surface area is 229 Å². The van der Waals surface area contributed by atoms with Gasteiger partial charge in [0.25, 0.3) is 0 Å². The van der Waals surface area contributed by atoms with Crippen molar-refractivity contribution < 1.29 is 23.4 Å². The number of fused-ring (bicyclic) bond motifs is 1. The molecule has 0 fully saturated rings. The number of aryl methyl sites for hydroxylation is 2. The monoisotopic (exact) mass is 523 g/mol. The Bertz CT molecular complexity index is 1530. The summed E-state index contributed by atoms with van der Waals surface area (Å²) in [5.41, 5.74) is 5.90. The molecule has 200 valence electrons. The van der Waals surface area contributed by atoms with Crippen LogP contribution in [-0.4, -0.2) is 51.8 Å². The van der Waals surface area contributed by atoms with Crippen LogP contribution in [0, 0.1) is 25.7 Å². The van der Waals surface area contributed by atoms with Crippen LogP contribution in [-0.2, 0) is 9.53 Å². The Hall–Kier alpha value is -4.47. The molecule has 0 saturated heterocycles. The minimum atomic E-state index is -0.426. The van der Waals surface area contributed by atoms with Gasteiger partial charge in [-0.25, -0.2) is 4.79 Å². The van der Waals surface area contributed by atoms with E-state index >= 15 is 0 Å². The smallest absolute Gasteiger partial charge is 0.343 e. The number of carbonyl (C=O) groups is 1. The molecular formula is C33H33NO5. The van der Waals surface area contributed by atoms with E-state index in [9.17, 15) is 4.79 Å². The van der Waals surface area contributed by atoms with Crippen LogP contribution in [0.3, 0.4) is 0 Å². The van der Waals surface area contributed by atoms with Crippen molar-refractivity contribution in [3.63, 3.8) is 0 Å². The van der Waals surface area contributed by atoms with Gasteiger partial charge in [0.1, 0.15) is 29.4 Å². The van der Waals surface area contributed by atoms with Crippen molar-refractivity contribution in [3.05, 3.63) is 101 Å². The van der Waals surface area contributed by atoms with Crippen molar-refractivity contribution in [2.24, 2.45) is 0 Å². The average Bonchev–Trinajstić information content (AvgIpc) is 3.30. The molecule has 0 saturated carbocycles. The molecule has 0 aliphatic heterocycles. The quantitative estimate of drug-likeness (QED) is 0.197. The van der Waals surface area contributed by atoms with E-state index in [0.29, 0.717) is 24.7 Å². The molecule has 0 aliphatic rings. The van der Waals surface area contributed by atoms with Crippen LogP contribution in [0.5, 0.6) is 11.5 Å². The lowest BCUT2D eigenvalue weighted by molar-refractivity contribution is -0.142. The van der Waals surface area contributed by atoms with E-state index in [-0.39, 0.29) is 6.61 Å². The maximum Gasteiger partial charge on any atom is 0.343 e. The topological polar surface area (TPSA) is 61.1 Å². The summed E-state index contributed by atoms with van der Waals surface area (Å²) in [5, 5.41) is 1.06. The minimum Gasteiger partial charge on any atom is -0.489 e. The van der Waals surface area contributed by atoms with Crippen LogP contribution in [0.15, 0.2) is 77.2 Å². The van der Waals surface area contributed by atoms with Crippen LogP contribution < -0.4 is 9.47 Å². The summed E-state index contributed by atoms with van der Waals surface area (Å²) in [5.74, 6) is 8.17. The summed E-state index contributed by atoms with van der Waals surface area (Å²) in [6.07, 6.45) is 2.08. The van der Waals surface area contributed by atoms with Gasteiger partial charge >= 0.3 is 5.97 Å². The maximum atomic E-state index is 11.4. The average molecular weight is 524 g/mol. The molecule has 4 rings (SSSR count). The van der Waals surface area contributed by atoms with Crippen molar-refractivity contribution in [1.29, 1.82) is 0 Å². The van der Waals surface area contributed by atoms with Gasteiger partial charge in [-0.05, 0) is 105 Å². The highest BCUT2D eigenvalue weighted by molar-refractivity contribution is 5.87. The maximum absolute atomic E-state index is 11.4. The van der Waals surface area contributed by atoms with E-state index in [2.05, 4.69) is 46.9 Å². The number of carbonyl (C=O) groups excluding carboxylic acids is 1. The number of rotatable bonds is 9. The van der Waals surface area contributed by atoms with Crippen molar-refractivity contribution in [3.8, 4) is 23.3 Å². The zero-order valence-electron chi connectivity index (χ0n) is 23.0. The molecule has 0 spiro atoms. The molecule has 39 heavy (non-hydrogen) atoms. The molecule has 0 radical (unpaired) electrons. The first-order valence-corrected chi connectivity index (χ1v) is 12.7. The van der Waals surface area contributed by atoms with Crippen molar-refractivity contribution >= 4 is 22.5 Å². The number of furan rings is 1. The van der Waals surface area contributed by atoms with Crippen molar-refractivity contribution in [2.45, 2.75) is 13.8 Å². The predicted octanol–water partition coefficient (Wildman–Crippen LogP) is 6.03. The first-order valence-electron chi connectivity index (χ1n) is 12.7. The standard InChI is InChI=1S/C33H33NO5/c1-23-19-29(13-15-31(23)38-22-33(35)36-5)37-18-16-30(27-12-14-32-28(21-27)20-24(2)39-32)26-10-8-25(9-11-26)7-6-17-34(3)4/h8-16,19-21H,17-18,22H2,1-5H3/b30-16+. The van der Waals surface area contributed by atoms with Crippen LogP contribution in [0.1, 0.15) is 28.0 Å². The third kappa shape index (κ3) is 7.53. The zero-order chi connectivity index (χ0) is 27.8. The summed E-state index contributed by atoms with van der Waals surface area (Å²) in [7, 11) is 5.34. The second-order valence-corrected chi connectivity index (χ2v) is 9.45. The summed E-state index contributed by atoms with van der Waals surface area (Å²) in [6, 6.07) is 22.0. The van der Waals surface area contributed by atoms with Crippen LogP contribution in [0.2, 0.25) is 0 Å². The number of benzene rings is 3. The fourth-order valence-electron chi connectivity index (χ4n) is 4.07. The SMILES string of the molecule is COC(=O)COc1ccc(OC/C=C(\c2ccc(C#CCN(C)C)cc2)c2ccc3oc(C)cc3c2)cc1C. The summed E-state index contributed by atoms with van der Waals surface area (Å²) in [6.45, 7) is 4.81. The van der Waals surface area contributed by atoms with E-state index in [1.807, 2.05) is 69.2 Å². The molecule has 0 amide bonds. The normalized spacial score (nSPS) is 11.3. The number of hydrogen-bond acceptors (Lipinski definition) is 6. The molecular weight excluding hydrogens is 490 g/mol. The lowest BCUT2D eigenvalue weighted by Crippen LogP contribution is -2.13. The van der Waals surface area contributed by atoms with Crippen LogP contribution >= 0.6 is 0 Å². The molecule has 0 atom stereocenters. The van der Waals surface area contributed by atoms with Crippen LogP contribution in [0.25, 0.3) is 16.5 Å². The minimum absolute atomic E-state index is 0.135. The number of hydrogen-bond donors (Lipinski definition) is 0.